The van der Waals surface area contributed by atoms with E-state index in [2.05, 4.69) is 82.4 Å². The number of fused-ring (bicyclic) bond motifs is 1. The van der Waals surface area contributed by atoms with Crippen molar-refractivity contribution in [3.8, 4) is 11.1 Å². The molecule has 0 saturated carbocycles. The number of hydrogen-bond donors (Lipinski definition) is 0. The van der Waals surface area contributed by atoms with Crippen LogP contribution in [0.5, 0.6) is 0 Å². The predicted molar refractivity (Wildman–Crippen MR) is 143 cm³/mol. The van der Waals surface area contributed by atoms with Gasteiger partial charge in [0.05, 0.1) is 20.6 Å². The van der Waals surface area contributed by atoms with Crippen molar-refractivity contribution in [2.24, 2.45) is 0 Å². The van der Waals surface area contributed by atoms with Crippen molar-refractivity contribution >= 4 is 19.3 Å². The zero-order chi connectivity index (χ0) is 24.0. The summed E-state index contributed by atoms with van der Waals surface area (Å²) in [7, 11) is -1.04. The molecule has 4 aliphatic rings. The van der Waals surface area contributed by atoms with E-state index in [0.29, 0.717) is 3.63 Å². The Bertz CT molecular complexity index is 1290. The van der Waals surface area contributed by atoms with Gasteiger partial charge in [0, 0.05) is 16.7 Å². The van der Waals surface area contributed by atoms with E-state index in [9.17, 15) is 0 Å². The maximum Gasteiger partial charge on any atom is -1.00 e. The number of hydrogen-bond acceptors (Lipinski definition) is 1. The van der Waals surface area contributed by atoms with Crippen LogP contribution in [0, 0.1) is 0 Å². The average molecular weight is 614 g/mol. The second-order valence-corrected chi connectivity index (χ2v) is 16.7. The molecule has 2 atom stereocenters. The maximum atomic E-state index is 5.22. The molecule has 0 radical (unpaired) electrons. The van der Waals surface area contributed by atoms with Gasteiger partial charge in [0.2, 0.25) is 0 Å². The van der Waals surface area contributed by atoms with Gasteiger partial charge < -0.3 is 29.2 Å². The quantitative estimate of drug-likeness (QED) is 0.319. The van der Waals surface area contributed by atoms with Crippen molar-refractivity contribution < 1.29 is 54.0 Å². The van der Waals surface area contributed by atoms with E-state index >= 15 is 0 Å². The summed E-state index contributed by atoms with van der Waals surface area (Å²) < 4.78 is 5.87. The van der Waals surface area contributed by atoms with Crippen LogP contribution in [0.1, 0.15) is 77.0 Å². The monoisotopic (exact) mass is 611 g/mol. The Labute approximate surface area is 245 Å². The summed E-state index contributed by atoms with van der Waals surface area (Å²) in [6.45, 7) is 11.7. The largest absolute Gasteiger partial charge is 1.00 e. The minimum Gasteiger partial charge on any atom is -1.00 e. The van der Waals surface area contributed by atoms with Crippen LogP contribution in [0.3, 0.4) is 0 Å². The van der Waals surface area contributed by atoms with Crippen molar-refractivity contribution in [1.29, 1.82) is 0 Å². The summed E-state index contributed by atoms with van der Waals surface area (Å²) in [6, 6.07) is 16.0. The first kappa shape index (κ1) is 29.4. The Morgan fingerprint density at radius 2 is 1.61 bits per heavy atom. The molecule has 2 bridgehead atoms. The van der Waals surface area contributed by atoms with E-state index in [1.54, 1.807) is 35.5 Å². The normalized spacial score (nSPS) is 19.7. The number of aryl methyl sites for hydroxylation is 1. The van der Waals surface area contributed by atoms with E-state index in [0.717, 1.165) is 5.54 Å². The third-order valence-electron chi connectivity index (χ3n) is 8.08. The number of allylic oxidation sites excluding steroid dienone is 2. The molecule has 2 aliphatic carbocycles. The molecule has 7 rings (SSSR count). The van der Waals surface area contributed by atoms with Crippen LogP contribution >= 0.6 is 0 Å². The summed E-state index contributed by atoms with van der Waals surface area (Å²) >= 11 is 1.59. The molecule has 0 fully saturated rings. The van der Waals surface area contributed by atoms with Gasteiger partial charge in [0.1, 0.15) is 0 Å². The van der Waals surface area contributed by atoms with Gasteiger partial charge in [-0.2, -0.15) is 0 Å². The molecular formula is C31H35Cl2OSiZr. The predicted octanol–water partition coefficient (Wildman–Crippen LogP) is 3.05. The Balaban J connectivity index is 0.000000218. The third kappa shape index (κ3) is 4.98. The Kier molecular flexibility index (Phi) is 9.59. The van der Waals surface area contributed by atoms with Crippen molar-refractivity contribution in [3.63, 3.8) is 0 Å². The van der Waals surface area contributed by atoms with Gasteiger partial charge in [-0.3, -0.25) is 0 Å². The zero-order valence-electron chi connectivity index (χ0n) is 21.9. The van der Waals surface area contributed by atoms with Gasteiger partial charge in [0.25, 0.3) is 0 Å². The molecule has 0 saturated heterocycles. The zero-order valence-corrected chi connectivity index (χ0v) is 26.9. The molecule has 0 spiro atoms. The fraction of sp³-hybridized carbons (Fsp3) is 0.355. The minimum atomic E-state index is -1.04. The van der Waals surface area contributed by atoms with Crippen molar-refractivity contribution in [1.82, 2.24) is 0 Å². The Morgan fingerprint density at radius 1 is 0.889 bits per heavy atom. The summed E-state index contributed by atoms with van der Waals surface area (Å²) in [5.41, 5.74) is 14.0. The number of benzene rings is 2. The van der Waals surface area contributed by atoms with Gasteiger partial charge in [-0.25, -0.2) is 0 Å². The Morgan fingerprint density at radius 3 is 2.25 bits per heavy atom. The SMILES string of the molecule is CC1=C2c3cocc3C1[Si]2(C)C.CCCCCc1ccc(-c2cccc3c2C=C(C)[CH]3[Zr+2])cc1.[Cl-].[Cl-]. The molecule has 1 nitrogen and oxygen atoms in total. The van der Waals surface area contributed by atoms with Crippen molar-refractivity contribution in [2.45, 2.75) is 68.7 Å². The smallest absolute Gasteiger partial charge is 1.00 e. The fourth-order valence-corrected chi connectivity index (χ4v) is 11.6. The molecule has 36 heavy (non-hydrogen) atoms. The summed E-state index contributed by atoms with van der Waals surface area (Å²) in [6.07, 6.45) is 11.4. The number of rotatable bonds is 5. The van der Waals surface area contributed by atoms with Gasteiger partial charge >= 0.3 is 143 Å². The molecule has 3 aromatic rings. The molecule has 2 unspecified atom stereocenters. The van der Waals surface area contributed by atoms with Gasteiger partial charge in [-0.15, -0.1) is 0 Å². The molecule has 3 heterocycles. The van der Waals surface area contributed by atoms with E-state index in [4.69, 9.17) is 4.42 Å². The van der Waals surface area contributed by atoms with E-state index < -0.39 is 8.07 Å². The van der Waals surface area contributed by atoms with Crippen LogP contribution in [0.2, 0.25) is 13.1 Å². The van der Waals surface area contributed by atoms with Gasteiger partial charge in [-0.05, 0) is 12.1 Å². The van der Waals surface area contributed by atoms with E-state index in [1.165, 1.54) is 70.2 Å². The molecule has 2 aromatic carbocycles. The average Bonchev–Trinajstić information content (AvgIpc) is 3.52. The van der Waals surface area contributed by atoms with E-state index in [1.807, 2.05) is 12.5 Å². The maximum absolute atomic E-state index is 5.22. The van der Waals surface area contributed by atoms with Crippen LogP contribution in [0.25, 0.3) is 22.4 Å². The number of halogens is 2. The molecule has 1 aromatic heterocycles. The number of furan rings is 1. The van der Waals surface area contributed by atoms with Crippen LogP contribution in [-0.2, 0) is 31.1 Å². The standard InChI is InChI=1S/C21H23.C10H12OSi.2ClH.Zr/c1-3-4-5-7-17-10-12-18(13-11-17)20-9-6-8-19-14-16(2)15-21(19)20;1-6-9-7-4-11-5-8(7)10(6)12(9,2)3;;;/h6,8-15H,3-5,7H2,1-2H3;4-5,9H,1-3H3;2*1H;/q;;;;+2/p-2. The summed E-state index contributed by atoms with van der Waals surface area (Å²) in [5.74, 6) is 0. The first-order chi connectivity index (χ1) is 16.3. The first-order valence-corrected chi connectivity index (χ1v) is 17.2. The number of unbranched alkanes of at least 4 members (excludes halogenated alkanes) is 2. The minimum absolute atomic E-state index is 0. The van der Waals surface area contributed by atoms with Crippen LogP contribution < -0.4 is 24.8 Å². The van der Waals surface area contributed by atoms with Crippen molar-refractivity contribution in [2.75, 3.05) is 0 Å². The van der Waals surface area contributed by atoms with Gasteiger partial charge in [0.15, 0.2) is 0 Å². The molecule has 2 aliphatic heterocycles. The van der Waals surface area contributed by atoms with Crippen LogP contribution in [0.4, 0.5) is 0 Å². The second kappa shape index (κ2) is 11.7. The molecule has 0 N–H and O–H groups in total. The van der Waals surface area contributed by atoms with Crippen LogP contribution in [0.15, 0.2) is 70.6 Å². The second-order valence-electron chi connectivity index (χ2n) is 10.7. The Hall–Kier alpha value is -1.12. The summed E-state index contributed by atoms with van der Waals surface area (Å²) in [4.78, 5) is 0. The van der Waals surface area contributed by atoms with Crippen molar-refractivity contribution in [3.05, 3.63) is 94.0 Å². The summed E-state index contributed by atoms with van der Waals surface area (Å²) in [5, 5.41) is 1.66. The van der Waals surface area contributed by atoms with E-state index in [-0.39, 0.29) is 24.8 Å². The molecule has 5 heteroatoms. The molecule has 0 amide bonds. The molecular weight excluding hydrogens is 579 g/mol. The molecule has 187 valence electrons. The van der Waals surface area contributed by atoms with Gasteiger partial charge in [-0.1, -0.05) is 25.6 Å². The third-order valence-corrected chi connectivity index (χ3v) is 14.1. The topological polar surface area (TPSA) is 13.1 Å². The first-order valence-electron chi connectivity index (χ1n) is 12.7. The van der Waals surface area contributed by atoms with Crippen LogP contribution in [-0.4, -0.2) is 8.07 Å². The fourth-order valence-electron chi connectivity index (χ4n) is 6.41.